The molecule has 26 heavy (non-hydrogen) atoms. The maximum atomic E-state index is 12.8. The highest BCUT2D eigenvalue weighted by atomic mass is 35.5. The second-order valence-corrected chi connectivity index (χ2v) is 7.09. The van der Waals surface area contributed by atoms with E-state index in [1.807, 2.05) is 32.0 Å². The molecule has 5 nitrogen and oxygen atoms in total. The van der Waals surface area contributed by atoms with Crippen molar-refractivity contribution in [2.45, 2.75) is 26.7 Å². The minimum Gasteiger partial charge on any atom is -0.495 e. The maximum absolute atomic E-state index is 12.8. The minimum atomic E-state index is -1.05. The second-order valence-electron chi connectivity index (χ2n) is 6.65. The molecule has 0 spiro atoms. The molecule has 3 rings (SSSR count). The van der Waals surface area contributed by atoms with Gasteiger partial charge in [-0.1, -0.05) is 23.7 Å². The van der Waals surface area contributed by atoms with Gasteiger partial charge in [-0.05, 0) is 62.1 Å². The lowest BCUT2D eigenvalue weighted by Crippen LogP contribution is -2.35. The summed E-state index contributed by atoms with van der Waals surface area (Å²) in [5.41, 5.74) is 2.13. The van der Waals surface area contributed by atoms with Crippen molar-refractivity contribution >= 4 is 34.8 Å². The molecule has 6 heteroatoms. The predicted molar refractivity (Wildman–Crippen MR) is 103 cm³/mol. The summed E-state index contributed by atoms with van der Waals surface area (Å²) >= 11 is 6.00. The van der Waals surface area contributed by atoms with Gasteiger partial charge in [0.15, 0.2) is 0 Å². The van der Waals surface area contributed by atoms with E-state index in [0.717, 1.165) is 16.8 Å². The first-order valence-electron chi connectivity index (χ1n) is 8.39. The van der Waals surface area contributed by atoms with Gasteiger partial charge in [-0.25, -0.2) is 0 Å². The van der Waals surface area contributed by atoms with Crippen molar-refractivity contribution in [3.05, 3.63) is 52.5 Å². The molecule has 136 valence electrons. The lowest BCUT2D eigenvalue weighted by atomic mass is 10.0. The van der Waals surface area contributed by atoms with E-state index in [0.29, 0.717) is 29.3 Å². The largest absolute Gasteiger partial charge is 0.495 e. The molecule has 0 bridgehead atoms. The van der Waals surface area contributed by atoms with Crippen LogP contribution in [-0.2, 0) is 9.59 Å². The number of carbonyl (C=O) groups excluding carboxylic acids is 2. The Morgan fingerprint density at radius 2 is 1.65 bits per heavy atom. The number of nitrogens with one attached hydrogen (secondary N) is 2. The Morgan fingerprint density at radius 3 is 2.27 bits per heavy atom. The van der Waals surface area contributed by atoms with Gasteiger partial charge in [-0.2, -0.15) is 0 Å². The zero-order valence-electron chi connectivity index (χ0n) is 15.0. The third kappa shape index (κ3) is 3.53. The SMILES string of the molecule is COc1ccc(Cl)cc1NC(=O)C1(C(=O)Nc2cc(C)ccc2C)CC1. The van der Waals surface area contributed by atoms with Gasteiger partial charge < -0.3 is 15.4 Å². The number of aryl methyl sites for hydroxylation is 2. The highest BCUT2D eigenvalue weighted by molar-refractivity contribution is 6.31. The quantitative estimate of drug-likeness (QED) is 0.768. The monoisotopic (exact) mass is 372 g/mol. The average molecular weight is 373 g/mol. The van der Waals surface area contributed by atoms with Crippen molar-refractivity contribution in [1.82, 2.24) is 0 Å². The van der Waals surface area contributed by atoms with Crippen LogP contribution in [-0.4, -0.2) is 18.9 Å². The normalized spacial score (nSPS) is 14.5. The highest BCUT2D eigenvalue weighted by Crippen LogP contribution is 2.48. The molecule has 1 aliphatic carbocycles. The van der Waals surface area contributed by atoms with Gasteiger partial charge >= 0.3 is 0 Å². The van der Waals surface area contributed by atoms with Crippen molar-refractivity contribution < 1.29 is 14.3 Å². The summed E-state index contributed by atoms with van der Waals surface area (Å²) in [4.78, 5) is 25.6. The van der Waals surface area contributed by atoms with Gasteiger partial charge in [0.25, 0.3) is 0 Å². The number of amides is 2. The van der Waals surface area contributed by atoms with Crippen molar-refractivity contribution in [1.29, 1.82) is 0 Å². The van der Waals surface area contributed by atoms with Gasteiger partial charge in [0.1, 0.15) is 11.2 Å². The van der Waals surface area contributed by atoms with E-state index in [4.69, 9.17) is 16.3 Å². The summed E-state index contributed by atoms with van der Waals surface area (Å²) in [6.45, 7) is 3.88. The predicted octanol–water partition coefficient (Wildman–Crippen LogP) is 4.32. The molecule has 0 unspecified atom stereocenters. The van der Waals surface area contributed by atoms with E-state index >= 15 is 0 Å². The molecule has 1 saturated carbocycles. The van der Waals surface area contributed by atoms with Crippen LogP contribution in [0, 0.1) is 19.3 Å². The molecule has 1 fully saturated rings. The number of ether oxygens (including phenoxy) is 1. The second kappa shape index (κ2) is 7.00. The van der Waals surface area contributed by atoms with Crippen LogP contribution in [0.25, 0.3) is 0 Å². The fourth-order valence-electron chi connectivity index (χ4n) is 2.81. The van der Waals surface area contributed by atoms with Crippen molar-refractivity contribution in [3.8, 4) is 5.75 Å². The van der Waals surface area contributed by atoms with E-state index in [2.05, 4.69) is 10.6 Å². The first kappa shape index (κ1) is 18.3. The first-order valence-corrected chi connectivity index (χ1v) is 8.77. The smallest absolute Gasteiger partial charge is 0.240 e. The Hall–Kier alpha value is -2.53. The van der Waals surface area contributed by atoms with Crippen molar-refractivity contribution in [2.75, 3.05) is 17.7 Å². The van der Waals surface area contributed by atoms with Crippen LogP contribution in [0.2, 0.25) is 5.02 Å². The van der Waals surface area contributed by atoms with E-state index < -0.39 is 5.41 Å². The Morgan fingerprint density at radius 1 is 1.00 bits per heavy atom. The molecular formula is C20H21ClN2O3. The van der Waals surface area contributed by atoms with Crippen LogP contribution in [0.15, 0.2) is 36.4 Å². The van der Waals surface area contributed by atoms with Gasteiger partial charge in [-0.15, -0.1) is 0 Å². The summed E-state index contributed by atoms with van der Waals surface area (Å²) in [6.07, 6.45) is 1.02. The fraction of sp³-hybridized carbons (Fsp3) is 0.300. The van der Waals surface area contributed by atoms with Gasteiger partial charge in [0.2, 0.25) is 11.8 Å². The summed E-state index contributed by atoms with van der Waals surface area (Å²) < 4.78 is 5.25. The number of anilines is 2. The van der Waals surface area contributed by atoms with Crippen LogP contribution < -0.4 is 15.4 Å². The lowest BCUT2D eigenvalue weighted by Gasteiger charge is -2.18. The zero-order chi connectivity index (χ0) is 18.9. The van der Waals surface area contributed by atoms with E-state index in [1.165, 1.54) is 7.11 Å². The van der Waals surface area contributed by atoms with Gasteiger partial charge in [-0.3, -0.25) is 9.59 Å². The Labute approximate surface area is 157 Å². The molecule has 1 aliphatic rings. The summed E-state index contributed by atoms with van der Waals surface area (Å²) in [7, 11) is 1.51. The number of hydrogen-bond donors (Lipinski definition) is 2. The molecule has 0 heterocycles. The standard InChI is InChI=1S/C20H21ClN2O3/c1-12-4-5-13(2)15(10-12)22-18(24)20(8-9-20)19(25)23-16-11-14(21)6-7-17(16)26-3/h4-7,10-11H,8-9H2,1-3H3,(H,22,24)(H,23,25). The van der Waals surface area contributed by atoms with Crippen molar-refractivity contribution in [2.24, 2.45) is 5.41 Å². The summed E-state index contributed by atoms with van der Waals surface area (Å²) in [6, 6.07) is 10.8. The molecule has 0 saturated heterocycles. The molecule has 0 radical (unpaired) electrons. The number of benzene rings is 2. The van der Waals surface area contributed by atoms with E-state index in [9.17, 15) is 9.59 Å². The molecule has 0 atom stereocenters. The number of rotatable bonds is 5. The highest BCUT2D eigenvalue weighted by Gasteiger charge is 2.56. The van der Waals surface area contributed by atoms with Gasteiger partial charge in [0.05, 0.1) is 12.8 Å². The first-order chi connectivity index (χ1) is 12.4. The van der Waals surface area contributed by atoms with Crippen LogP contribution >= 0.6 is 11.6 Å². The Kier molecular flexibility index (Phi) is 4.92. The van der Waals surface area contributed by atoms with E-state index in [1.54, 1.807) is 18.2 Å². The third-order valence-corrected chi connectivity index (χ3v) is 4.91. The van der Waals surface area contributed by atoms with Crippen LogP contribution in [0.4, 0.5) is 11.4 Å². The molecule has 2 amide bonds. The third-order valence-electron chi connectivity index (χ3n) is 4.67. The zero-order valence-corrected chi connectivity index (χ0v) is 15.7. The summed E-state index contributed by atoms with van der Waals surface area (Å²) in [5.74, 6) is -0.140. The molecular weight excluding hydrogens is 352 g/mol. The fourth-order valence-corrected chi connectivity index (χ4v) is 2.99. The Balaban J connectivity index is 1.78. The number of methoxy groups -OCH3 is 1. The molecule has 0 aliphatic heterocycles. The number of hydrogen-bond acceptors (Lipinski definition) is 3. The topological polar surface area (TPSA) is 67.4 Å². The lowest BCUT2D eigenvalue weighted by molar-refractivity contribution is -0.131. The van der Waals surface area contributed by atoms with E-state index in [-0.39, 0.29) is 11.8 Å². The average Bonchev–Trinajstić information content (AvgIpc) is 3.40. The molecule has 0 aromatic heterocycles. The van der Waals surface area contributed by atoms with Crippen molar-refractivity contribution in [3.63, 3.8) is 0 Å². The number of halogens is 1. The number of carbonyl (C=O) groups is 2. The molecule has 2 aromatic rings. The van der Waals surface area contributed by atoms with Crippen LogP contribution in [0.5, 0.6) is 5.75 Å². The van der Waals surface area contributed by atoms with Gasteiger partial charge in [0, 0.05) is 10.7 Å². The molecule has 2 N–H and O–H groups in total. The van der Waals surface area contributed by atoms with Crippen LogP contribution in [0.1, 0.15) is 24.0 Å². The minimum absolute atomic E-state index is 0.287. The molecule has 2 aromatic carbocycles. The van der Waals surface area contributed by atoms with Crippen LogP contribution in [0.3, 0.4) is 0 Å². The maximum Gasteiger partial charge on any atom is 0.240 e. The Bertz CT molecular complexity index is 875. The summed E-state index contributed by atoms with van der Waals surface area (Å²) in [5, 5.41) is 6.17.